The van der Waals surface area contributed by atoms with Gasteiger partial charge in [0.15, 0.2) is 0 Å². The molecular weight excluding hydrogens is 283 g/mol. The zero-order valence-corrected chi connectivity index (χ0v) is 11.6. The summed E-state index contributed by atoms with van der Waals surface area (Å²) in [5.74, 6) is -1.80. The third-order valence-corrected chi connectivity index (χ3v) is 3.94. The lowest BCUT2D eigenvalue weighted by Crippen LogP contribution is -2.49. The molecule has 1 aliphatic rings. The third kappa shape index (κ3) is 3.16. The molecule has 0 bridgehead atoms. The van der Waals surface area contributed by atoms with Crippen molar-refractivity contribution in [2.24, 2.45) is 0 Å². The van der Waals surface area contributed by atoms with Gasteiger partial charge in [-0.25, -0.2) is 4.39 Å². The number of imide groups is 1. The topological polar surface area (TPSA) is 66.5 Å². The van der Waals surface area contributed by atoms with Crippen molar-refractivity contribution in [1.82, 2.24) is 4.90 Å². The summed E-state index contributed by atoms with van der Waals surface area (Å²) in [6.45, 7) is 1.29. The van der Waals surface area contributed by atoms with Crippen molar-refractivity contribution in [1.29, 1.82) is 0 Å². The summed E-state index contributed by atoms with van der Waals surface area (Å²) >= 11 is 1.24. The summed E-state index contributed by atoms with van der Waals surface area (Å²) in [5.41, 5.74) is 0.0248. The monoisotopic (exact) mass is 296 g/mol. The standard InChI is InChI=1S/C13H13FN2O3S/c1-8-13(19)16(12(18)7-20-8)6-11(17)15-10-5-3-2-4-9(10)14/h2-5,8H,6-7H2,1H3,(H,15,17)/t8-/m0/s1. The Morgan fingerprint density at radius 1 is 1.45 bits per heavy atom. The molecule has 1 aromatic rings. The molecule has 0 spiro atoms. The number of nitrogens with one attached hydrogen (secondary N) is 1. The number of carbonyl (C=O) groups excluding carboxylic acids is 3. The van der Waals surface area contributed by atoms with Gasteiger partial charge in [-0.3, -0.25) is 19.3 Å². The summed E-state index contributed by atoms with van der Waals surface area (Å²) in [5, 5.41) is 1.99. The molecule has 7 heteroatoms. The van der Waals surface area contributed by atoms with Crippen LogP contribution in [0.5, 0.6) is 0 Å². The molecule has 20 heavy (non-hydrogen) atoms. The number of hydrogen-bond donors (Lipinski definition) is 1. The van der Waals surface area contributed by atoms with E-state index in [1.54, 1.807) is 13.0 Å². The lowest BCUT2D eigenvalue weighted by atomic mass is 10.3. The van der Waals surface area contributed by atoms with Gasteiger partial charge in [0.05, 0.1) is 16.7 Å². The van der Waals surface area contributed by atoms with Crippen LogP contribution in [0.25, 0.3) is 0 Å². The number of rotatable bonds is 3. The van der Waals surface area contributed by atoms with Crippen LogP contribution >= 0.6 is 11.8 Å². The van der Waals surface area contributed by atoms with Gasteiger partial charge in [-0.1, -0.05) is 12.1 Å². The molecule has 1 N–H and O–H groups in total. The van der Waals surface area contributed by atoms with E-state index in [9.17, 15) is 18.8 Å². The van der Waals surface area contributed by atoms with Gasteiger partial charge in [-0.2, -0.15) is 0 Å². The molecule has 106 valence electrons. The smallest absolute Gasteiger partial charge is 0.244 e. The first-order valence-corrected chi connectivity index (χ1v) is 7.04. The number of para-hydroxylation sites is 1. The summed E-state index contributed by atoms with van der Waals surface area (Å²) in [4.78, 5) is 36.2. The number of hydrogen-bond acceptors (Lipinski definition) is 4. The average Bonchev–Trinajstić information content (AvgIpc) is 2.42. The van der Waals surface area contributed by atoms with Crippen LogP contribution in [0.2, 0.25) is 0 Å². The maximum absolute atomic E-state index is 13.4. The summed E-state index contributed by atoms with van der Waals surface area (Å²) in [6.07, 6.45) is 0. The Morgan fingerprint density at radius 2 is 2.15 bits per heavy atom. The van der Waals surface area contributed by atoms with E-state index in [1.807, 2.05) is 0 Å². The first-order valence-electron chi connectivity index (χ1n) is 5.99. The molecule has 1 aliphatic heterocycles. The van der Waals surface area contributed by atoms with Crippen LogP contribution in [0.3, 0.4) is 0 Å². The maximum atomic E-state index is 13.4. The molecule has 3 amide bonds. The highest BCUT2D eigenvalue weighted by atomic mass is 32.2. The number of amides is 3. The fraction of sp³-hybridized carbons (Fsp3) is 0.308. The molecule has 2 rings (SSSR count). The minimum Gasteiger partial charge on any atom is -0.322 e. The quantitative estimate of drug-likeness (QED) is 0.853. The van der Waals surface area contributed by atoms with Crippen LogP contribution in [-0.4, -0.2) is 40.2 Å². The molecule has 5 nitrogen and oxygen atoms in total. The first kappa shape index (κ1) is 14.5. The Bertz CT molecular complexity index is 564. The van der Waals surface area contributed by atoms with Crippen LogP contribution < -0.4 is 5.32 Å². The first-order chi connectivity index (χ1) is 9.49. The van der Waals surface area contributed by atoms with Crippen molar-refractivity contribution in [2.45, 2.75) is 12.2 Å². The van der Waals surface area contributed by atoms with Gasteiger partial charge in [-0.05, 0) is 19.1 Å². The van der Waals surface area contributed by atoms with E-state index in [-0.39, 0.29) is 16.7 Å². The maximum Gasteiger partial charge on any atom is 0.244 e. The highest BCUT2D eigenvalue weighted by molar-refractivity contribution is 8.01. The lowest BCUT2D eigenvalue weighted by molar-refractivity contribution is -0.145. The Labute approximate surface area is 119 Å². The van der Waals surface area contributed by atoms with Gasteiger partial charge in [0, 0.05) is 0 Å². The number of halogens is 1. The minimum absolute atomic E-state index is 0.0248. The van der Waals surface area contributed by atoms with E-state index < -0.39 is 30.1 Å². The van der Waals surface area contributed by atoms with Crippen molar-refractivity contribution in [3.05, 3.63) is 30.1 Å². The Kier molecular flexibility index (Phi) is 4.39. The largest absolute Gasteiger partial charge is 0.322 e. The predicted octanol–water partition coefficient (Wildman–Crippen LogP) is 1.25. The van der Waals surface area contributed by atoms with Gasteiger partial charge in [0.1, 0.15) is 12.4 Å². The Morgan fingerprint density at radius 3 is 2.85 bits per heavy atom. The normalized spacial score (nSPS) is 19.1. The molecule has 1 atom stereocenters. The third-order valence-electron chi connectivity index (χ3n) is 2.82. The molecule has 0 unspecified atom stereocenters. The summed E-state index contributed by atoms with van der Waals surface area (Å²) < 4.78 is 13.4. The molecular formula is C13H13FN2O3S. The van der Waals surface area contributed by atoms with Gasteiger partial charge in [0.25, 0.3) is 0 Å². The average molecular weight is 296 g/mol. The van der Waals surface area contributed by atoms with Gasteiger partial charge < -0.3 is 5.32 Å². The number of carbonyl (C=O) groups is 3. The van der Waals surface area contributed by atoms with Crippen LogP contribution in [0.4, 0.5) is 10.1 Å². The molecule has 1 saturated heterocycles. The van der Waals surface area contributed by atoms with Gasteiger partial charge in [0.2, 0.25) is 17.7 Å². The Balaban J connectivity index is 2.02. The number of benzene rings is 1. The van der Waals surface area contributed by atoms with E-state index in [0.29, 0.717) is 0 Å². The molecule has 1 heterocycles. The zero-order valence-electron chi connectivity index (χ0n) is 10.8. The molecule has 0 aliphatic carbocycles. The lowest BCUT2D eigenvalue weighted by Gasteiger charge is -2.27. The second-order valence-electron chi connectivity index (χ2n) is 4.30. The molecule has 1 fully saturated rings. The second-order valence-corrected chi connectivity index (χ2v) is 5.63. The highest BCUT2D eigenvalue weighted by Gasteiger charge is 2.33. The molecule has 0 aromatic heterocycles. The van der Waals surface area contributed by atoms with Crippen molar-refractivity contribution < 1.29 is 18.8 Å². The van der Waals surface area contributed by atoms with Crippen LogP contribution in [0.15, 0.2) is 24.3 Å². The van der Waals surface area contributed by atoms with E-state index in [0.717, 1.165) is 4.90 Å². The van der Waals surface area contributed by atoms with Crippen molar-refractivity contribution >= 4 is 35.2 Å². The van der Waals surface area contributed by atoms with Crippen LogP contribution in [-0.2, 0) is 14.4 Å². The fourth-order valence-corrected chi connectivity index (χ4v) is 2.57. The van der Waals surface area contributed by atoms with E-state index in [4.69, 9.17) is 0 Å². The zero-order chi connectivity index (χ0) is 14.7. The number of nitrogens with zero attached hydrogens (tertiary/aromatic N) is 1. The summed E-state index contributed by atoms with van der Waals surface area (Å²) in [6, 6.07) is 5.70. The molecule has 0 saturated carbocycles. The molecule has 0 radical (unpaired) electrons. The van der Waals surface area contributed by atoms with Crippen molar-refractivity contribution in [3.63, 3.8) is 0 Å². The van der Waals surface area contributed by atoms with E-state index in [2.05, 4.69) is 5.32 Å². The van der Waals surface area contributed by atoms with Crippen molar-refractivity contribution in [3.8, 4) is 0 Å². The van der Waals surface area contributed by atoms with Crippen LogP contribution in [0, 0.1) is 5.82 Å². The molecule has 1 aromatic carbocycles. The van der Waals surface area contributed by atoms with Crippen LogP contribution in [0.1, 0.15) is 6.92 Å². The highest BCUT2D eigenvalue weighted by Crippen LogP contribution is 2.20. The number of anilines is 1. The summed E-state index contributed by atoms with van der Waals surface area (Å²) in [7, 11) is 0. The van der Waals surface area contributed by atoms with Gasteiger partial charge in [-0.15, -0.1) is 11.8 Å². The predicted molar refractivity (Wildman–Crippen MR) is 73.7 cm³/mol. The number of thioether (sulfide) groups is 1. The fourth-order valence-electron chi connectivity index (χ4n) is 1.75. The van der Waals surface area contributed by atoms with E-state index in [1.165, 1.54) is 30.0 Å². The Hall–Kier alpha value is -1.89. The van der Waals surface area contributed by atoms with E-state index >= 15 is 0 Å². The minimum atomic E-state index is -0.601. The van der Waals surface area contributed by atoms with Crippen molar-refractivity contribution in [2.75, 3.05) is 17.6 Å². The second kappa shape index (κ2) is 6.04. The SMILES string of the molecule is C[C@@H]1SCC(=O)N(CC(=O)Nc2ccccc2F)C1=O. The van der Waals surface area contributed by atoms with Gasteiger partial charge >= 0.3 is 0 Å².